The Kier molecular flexibility index (Phi) is 5.70. The highest BCUT2D eigenvalue weighted by Crippen LogP contribution is 2.32. The first-order valence-corrected chi connectivity index (χ1v) is 7.62. The van der Waals surface area contributed by atoms with Crippen LogP contribution in [0.5, 0.6) is 17.2 Å². The topological polar surface area (TPSA) is 73.6 Å². The lowest BCUT2D eigenvalue weighted by Gasteiger charge is -2.36. The van der Waals surface area contributed by atoms with E-state index in [0.29, 0.717) is 22.9 Å². The summed E-state index contributed by atoms with van der Waals surface area (Å²) >= 11 is 0. The van der Waals surface area contributed by atoms with Gasteiger partial charge < -0.3 is 20.5 Å². The second kappa shape index (κ2) is 7.55. The lowest BCUT2D eigenvalue weighted by Crippen LogP contribution is -2.56. The quantitative estimate of drug-likeness (QED) is 0.863. The van der Waals surface area contributed by atoms with Gasteiger partial charge in [0, 0.05) is 5.69 Å². The number of amides is 1. The second-order valence-corrected chi connectivity index (χ2v) is 5.74. The number of nitrogens with two attached hydrogens (primary N) is 1. The average molecular weight is 349 g/mol. The van der Waals surface area contributed by atoms with Gasteiger partial charge in [-0.3, -0.25) is 4.79 Å². The molecule has 0 saturated heterocycles. The molecule has 0 aromatic heterocycles. The lowest BCUT2D eigenvalue weighted by molar-refractivity contribution is -0.123. The van der Waals surface area contributed by atoms with Crippen molar-refractivity contribution in [3.8, 4) is 17.2 Å². The molecule has 3 N–H and O–H groups in total. The normalized spacial score (nSPS) is 14.8. The largest absolute Gasteiger partial charge is 0.493 e. The van der Waals surface area contributed by atoms with Crippen molar-refractivity contribution in [2.24, 2.45) is 5.73 Å². The number of methoxy groups -OCH3 is 1. The van der Waals surface area contributed by atoms with Crippen molar-refractivity contribution < 1.29 is 14.3 Å². The number of hydrogen-bond donors (Lipinski definition) is 2. The van der Waals surface area contributed by atoms with Gasteiger partial charge >= 0.3 is 0 Å². The van der Waals surface area contributed by atoms with Crippen LogP contribution >= 0.6 is 12.4 Å². The molecule has 24 heavy (non-hydrogen) atoms. The fourth-order valence-corrected chi connectivity index (χ4v) is 2.48. The van der Waals surface area contributed by atoms with Gasteiger partial charge in [-0.2, -0.15) is 0 Å². The van der Waals surface area contributed by atoms with Crippen LogP contribution in [0, 0.1) is 0 Å². The zero-order chi connectivity index (χ0) is 16.3. The van der Waals surface area contributed by atoms with Crippen molar-refractivity contribution in [1.82, 2.24) is 0 Å². The van der Waals surface area contributed by atoms with Crippen LogP contribution in [-0.2, 0) is 4.79 Å². The van der Waals surface area contributed by atoms with Crippen molar-refractivity contribution in [3.05, 3.63) is 48.5 Å². The first-order valence-electron chi connectivity index (χ1n) is 7.62. The fraction of sp³-hybridized carbons (Fsp3) is 0.278. The predicted molar refractivity (Wildman–Crippen MR) is 96.2 cm³/mol. The van der Waals surface area contributed by atoms with Crippen LogP contribution in [-0.4, -0.2) is 18.6 Å². The Labute approximate surface area is 147 Å². The Morgan fingerprint density at radius 1 is 1.08 bits per heavy atom. The molecule has 3 rings (SSSR count). The Balaban J connectivity index is 0.00000208. The number of hydrogen-bond acceptors (Lipinski definition) is 4. The van der Waals surface area contributed by atoms with E-state index in [0.717, 1.165) is 19.3 Å². The van der Waals surface area contributed by atoms with Crippen LogP contribution in [0.2, 0.25) is 0 Å². The molecule has 1 amide bonds. The molecule has 0 radical (unpaired) electrons. The third-order valence-corrected chi connectivity index (χ3v) is 4.11. The van der Waals surface area contributed by atoms with Gasteiger partial charge in [0.05, 0.1) is 12.6 Å². The summed E-state index contributed by atoms with van der Waals surface area (Å²) in [6, 6.07) is 14.6. The number of anilines is 1. The molecule has 128 valence electrons. The van der Waals surface area contributed by atoms with E-state index in [4.69, 9.17) is 15.2 Å². The summed E-state index contributed by atoms with van der Waals surface area (Å²) in [6.07, 6.45) is 2.50. The third kappa shape index (κ3) is 3.80. The van der Waals surface area contributed by atoms with Crippen molar-refractivity contribution >= 4 is 24.0 Å². The number of rotatable bonds is 5. The minimum atomic E-state index is -0.702. The average Bonchev–Trinajstić information content (AvgIpc) is 2.55. The minimum Gasteiger partial charge on any atom is -0.493 e. The summed E-state index contributed by atoms with van der Waals surface area (Å²) in [4.78, 5) is 12.1. The molecule has 5 nitrogen and oxygen atoms in total. The number of benzene rings is 2. The number of carbonyl (C=O) groups excluding carboxylic acids is 1. The number of carbonyl (C=O) groups is 1. The van der Waals surface area contributed by atoms with Gasteiger partial charge in [0.15, 0.2) is 11.5 Å². The highest BCUT2D eigenvalue weighted by molar-refractivity contribution is 5.98. The molecule has 2 aromatic rings. The van der Waals surface area contributed by atoms with Gasteiger partial charge in [0.25, 0.3) is 0 Å². The lowest BCUT2D eigenvalue weighted by atomic mass is 9.77. The molecular weight excluding hydrogens is 328 g/mol. The highest BCUT2D eigenvalue weighted by Gasteiger charge is 2.40. The molecule has 1 aliphatic carbocycles. The predicted octanol–water partition coefficient (Wildman–Crippen LogP) is 3.73. The monoisotopic (exact) mass is 348 g/mol. The Hall–Kier alpha value is -2.24. The minimum absolute atomic E-state index is 0. The summed E-state index contributed by atoms with van der Waals surface area (Å²) in [7, 11) is 1.60. The Morgan fingerprint density at radius 2 is 1.71 bits per heavy atom. The molecule has 0 bridgehead atoms. The SMILES string of the molecule is COc1ccccc1Oc1ccc(NC(=O)C2(N)CCC2)cc1.Cl. The first kappa shape index (κ1) is 18.1. The van der Waals surface area contributed by atoms with E-state index >= 15 is 0 Å². The summed E-state index contributed by atoms with van der Waals surface area (Å²) in [5, 5.41) is 2.85. The third-order valence-electron chi connectivity index (χ3n) is 4.11. The van der Waals surface area contributed by atoms with E-state index in [1.54, 1.807) is 31.4 Å². The van der Waals surface area contributed by atoms with Gasteiger partial charge in [-0.15, -0.1) is 12.4 Å². The summed E-state index contributed by atoms with van der Waals surface area (Å²) in [5.74, 6) is 1.85. The van der Waals surface area contributed by atoms with Gasteiger partial charge in [0.1, 0.15) is 5.75 Å². The number of ether oxygens (including phenoxy) is 2. The molecule has 0 spiro atoms. The van der Waals surface area contributed by atoms with E-state index in [1.807, 2.05) is 24.3 Å². The smallest absolute Gasteiger partial charge is 0.244 e. The van der Waals surface area contributed by atoms with E-state index in [-0.39, 0.29) is 18.3 Å². The van der Waals surface area contributed by atoms with Crippen LogP contribution in [0.15, 0.2) is 48.5 Å². The van der Waals surface area contributed by atoms with E-state index < -0.39 is 5.54 Å². The van der Waals surface area contributed by atoms with Crippen molar-refractivity contribution in [2.75, 3.05) is 12.4 Å². The van der Waals surface area contributed by atoms with Crippen LogP contribution in [0.25, 0.3) is 0 Å². The molecule has 2 aromatic carbocycles. The first-order chi connectivity index (χ1) is 11.1. The van der Waals surface area contributed by atoms with Crippen molar-refractivity contribution in [3.63, 3.8) is 0 Å². The molecule has 0 unspecified atom stereocenters. The Bertz CT molecular complexity index is 700. The maximum Gasteiger partial charge on any atom is 0.244 e. The van der Waals surface area contributed by atoms with Gasteiger partial charge in [0.2, 0.25) is 5.91 Å². The molecule has 0 aliphatic heterocycles. The van der Waals surface area contributed by atoms with Crippen LogP contribution in [0.4, 0.5) is 5.69 Å². The number of para-hydroxylation sites is 2. The zero-order valence-corrected chi connectivity index (χ0v) is 14.3. The second-order valence-electron chi connectivity index (χ2n) is 5.74. The molecule has 1 fully saturated rings. The maximum atomic E-state index is 12.1. The highest BCUT2D eigenvalue weighted by atomic mass is 35.5. The van der Waals surface area contributed by atoms with Crippen LogP contribution in [0.3, 0.4) is 0 Å². The molecule has 1 saturated carbocycles. The molecule has 0 heterocycles. The summed E-state index contributed by atoms with van der Waals surface area (Å²) in [6.45, 7) is 0. The molecule has 1 aliphatic rings. The van der Waals surface area contributed by atoms with Gasteiger partial charge in [-0.25, -0.2) is 0 Å². The molecule has 6 heteroatoms. The summed E-state index contributed by atoms with van der Waals surface area (Å²) < 4.78 is 11.1. The van der Waals surface area contributed by atoms with Crippen LogP contribution in [0.1, 0.15) is 19.3 Å². The number of halogens is 1. The van der Waals surface area contributed by atoms with Crippen molar-refractivity contribution in [2.45, 2.75) is 24.8 Å². The number of nitrogens with one attached hydrogen (secondary N) is 1. The van der Waals surface area contributed by atoms with Crippen LogP contribution < -0.4 is 20.5 Å². The van der Waals surface area contributed by atoms with Gasteiger partial charge in [-0.1, -0.05) is 12.1 Å². The molecular formula is C18H21ClN2O3. The zero-order valence-electron chi connectivity index (χ0n) is 13.5. The maximum absolute atomic E-state index is 12.1. The summed E-state index contributed by atoms with van der Waals surface area (Å²) in [5.41, 5.74) is 6.01. The van der Waals surface area contributed by atoms with Crippen molar-refractivity contribution in [1.29, 1.82) is 0 Å². The Morgan fingerprint density at radius 3 is 2.25 bits per heavy atom. The van der Waals surface area contributed by atoms with Gasteiger partial charge in [-0.05, 0) is 55.7 Å². The molecule has 0 atom stereocenters. The van der Waals surface area contributed by atoms with E-state index in [1.165, 1.54) is 0 Å². The van der Waals surface area contributed by atoms with E-state index in [2.05, 4.69) is 5.32 Å². The van der Waals surface area contributed by atoms with E-state index in [9.17, 15) is 4.79 Å². The fourth-order valence-electron chi connectivity index (χ4n) is 2.48. The standard InChI is InChI=1S/C18H20N2O3.ClH/c1-22-15-5-2-3-6-16(15)23-14-9-7-13(8-10-14)20-17(21)18(19)11-4-12-18;/h2-3,5-10H,4,11-12,19H2,1H3,(H,20,21);1H.